The lowest BCUT2D eigenvalue weighted by Gasteiger charge is -2.12. The van der Waals surface area contributed by atoms with Crippen LogP contribution in [0.3, 0.4) is 0 Å². The summed E-state index contributed by atoms with van der Waals surface area (Å²) in [4.78, 5) is 0. The van der Waals surface area contributed by atoms with Gasteiger partial charge in [-0.25, -0.2) is 8.89 Å². The Morgan fingerprint density at radius 2 is 1.92 bits per heavy atom. The van der Waals surface area contributed by atoms with E-state index < -0.39 is 27.6 Å². The standard InChI is InChI=1S/C17H20F3N3O2S/c1-11-7-6-8-13(25-5)14(11)23-10-12(15(22-23)17(18,19)20)9-21-26(24)16(2,3)4/h6-10H,1-5H3. The first kappa shape index (κ1) is 20.2. The molecule has 0 radical (unpaired) electrons. The lowest BCUT2D eigenvalue weighted by atomic mass is 10.2. The average Bonchev–Trinajstić information content (AvgIpc) is 2.95. The summed E-state index contributed by atoms with van der Waals surface area (Å²) in [5.41, 5.74) is -0.266. The van der Waals surface area contributed by atoms with E-state index >= 15 is 0 Å². The summed E-state index contributed by atoms with van der Waals surface area (Å²) < 4.78 is 61.6. The van der Waals surface area contributed by atoms with Gasteiger partial charge in [0.2, 0.25) is 0 Å². The Labute approximate surface area is 152 Å². The molecular formula is C17H20F3N3O2S. The molecule has 2 aromatic rings. The Bertz CT molecular complexity index is 852. The lowest BCUT2D eigenvalue weighted by Crippen LogP contribution is -2.19. The molecule has 0 aliphatic heterocycles. The number of hydrogen-bond donors (Lipinski definition) is 0. The summed E-state index contributed by atoms with van der Waals surface area (Å²) in [7, 11) is -0.246. The first-order chi connectivity index (χ1) is 11.9. The van der Waals surface area contributed by atoms with Crippen molar-refractivity contribution in [3.8, 4) is 11.4 Å². The monoisotopic (exact) mass is 387 g/mol. The number of aromatic nitrogens is 2. The molecule has 0 aliphatic carbocycles. The average molecular weight is 387 g/mol. The van der Waals surface area contributed by atoms with E-state index in [4.69, 9.17) is 4.74 Å². The predicted molar refractivity (Wildman–Crippen MR) is 95.3 cm³/mol. The largest absolute Gasteiger partial charge is 0.494 e. The normalized spacial score (nSPS) is 14.0. The summed E-state index contributed by atoms with van der Waals surface area (Å²) in [6.45, 7) is 6.81. The molecule has 1 aromatic heterocycles. The molecule has 0 saturated carbocycles. The van der Waals surface area contributed by atoms with E-state index in [0.717, 1.165) is 10.9 Å². The zero-order valence-corrected chi connectivity index (χ0v) is 15.9. The highest BCUT2D eigenvalue weighted by Gasteiger charge is 2.37. The van der Waals surface area contributed by atoms with Gasteiger partial charge in [-0.05, 0) is 39.3 Å². The number of halogens is 3. The van der Waals surface area contributed by atoms with Crippen LogP contribution in [0.4, 0.5) is 13.2 Å². The molecule has 1 atom stereocenters. The van der Waals surface area contributed by atoms with Crippen molar-refractivity contribution < 1.29 is 22.1 Å². The van der Waals surface area contributed by atoms with Gasteiger partial charge in [0.25, 0.3) is 0 Å². The van der Waals surface area contributed by atoms with E-state index in [9.17, 15) is 17.4 Å². The molecule has 0 spiro atoms. The molecular weight excluding hydrogens is 367 g/mol. The van der Waals surface area contributed by atoms with E-state index in [2.05, 4.69) is 9.50 Å². The van der Waals surface area contributed by atoms with Crippen molar-refractivity contribution in [3.63, 3.8) is 0 Å². The van der Waals surface area contributed by atoms with Crippen molar-refractivity contribution in [2.24, 2.45) is 4.40 Å². The first-order valence-electron chi connectivity index (χ1n) is 7.72. The number of benzene rings is 1. The molecule has 0 aliphatic rings. The third-order valence-corrected chi connectivity index (χ3v) is 4.82. The molecule has 0 N–H and O–H groups in total. The number of aryl methyl sites for hydroxylation is 1. The van der Waals surface area contributed by atoms with Crippen LogP contribution in [0.25, 0.3) is 5.69 Å². The number of ether oxygens (including phenoxy) is 1. The van der Waals surface area contributed by atoms with Crippen molar-refractivity contribution in [2.75, 3.05) is 7.11 Å². The highest BCUT2D eigenvalue weighted by molar-refractivity contribution is 7.85. The molecule has 0 amide bonds. The summed E-state index contributed by atoms with van der Waals surface area (Å²) in [6, 6.07) is 5.12. The fourth-order valence-electron chi connectivity index (χ4n) is 2.17. The second kappa shape index (κ2) is 7.22. The third kappa shape index (κ3) is 4.32. The van der Waals surface area contributed by atoms with Gasteiger partial charge in [-0.1, -0.05) is 12.1 Å². The van der Waals surface area contributed by atoms with Crippen LogP contribution in [0.5, 0.6) is 5.75 Å². The van der Waals surface area contributed by atoms with Crippen molar-refractivity contribution >= 4 is 17.2 Å². The minimum absolute atomic E-state index is 0.264. The van der Waals surface area contributed by atoms with Crippen molar-refractivity contribution in [1.29, 1.82) is 0 Å². The Morgan fingerprint density at radius 3 is 2.46 bits per heavy atom. The predicted octanol–water partition coefficient (Wildman–Crippen LogP) is 4.09. The summed E-state index contributed by atoms with van der Waals surface area (Å²) in [5.74, 6) is 0.392. The summed E-state index contributed by atoms with van der Waals surface area (Å²) in [5, 5.41) is 3.68. The van der Waals surface area contributed by atoms with Gasteiger partial charge in [0.1, 0.15) is 22.4 Å². The summed E-state index contributed by atoms with van der Waals surface area (Å²) >= 11 is 0. The first-order valence-corrected chi connectivity index (χ1v) is 8.82. The molecule has 26 heavy (non-hydrogen) atoms. The van der Waals surface area contributed by atoms with Crippen LogP contribution in [0.1, 0.15) is 37.6 Å². The molecule has 0 saturated heterocycles. The van der Waals surface area contributed by atoms with E-state index in [1.54, 1.807) is 45.9 Å². The van der Waals surface area contributed by atoms with Crippen molar-refractivity contribution in [2.45, 2.75) is 38.6 Å². The zero-order valence-electron chi connectivity index (χ0n) is 15.1. The molecule has 0 fully saturated rings. The van der Waals surface area contributed by atoms with Crippen LogP contribution >= 0.6 is 0 Å². The highest BCUT2D eigenvalue weighted by atomic mass is 32.2. The van der Waals surface area contributed by atoms with Gasteiger partial charge in [-0.3, -0.25) is 0 Å². The Hall–Kier alpha value is -2.16. The summed E-state index contributed by atoms with van der Waals surface area (Å²) in [6.07, 6.45) is -2.51. The molecule has 2 rings (SSSR count). The second-order valence-corrected chi connectivity index (χ2v) is 8.53. The van der Waals surface area contributed by atoms with Crippen LogP contribution in [0, 0.1) is 6.92 Å². The van der Waals surface area contributed by atoms with Gasteiger partial charge in [-0.15, -0.1) is 0 Å². The minimum Gasteiger partial charge on any atom is -0.494 e. The molecule has 1 heterocycles. The maximum Gasteiger partial charge on any atom is 0.435 e. The maximum absolute atomic E-state index is 13.4. The topological polar surface area (TPSA) is 56.5 Å². The SMILES string of the molecule is COc1cccc(C)c1-n1cc(C=NS(=O)C(C)(C)C)c(C(F)(F)F)n1. The van der Waals surface area contributed by atoms with E-state index in [0.29, 0.717) is 17.0 Å². The quantitative estimate of drug-likeness (QED) is 0.743. The van der Waals surface area contributed by atoms with Gasteiger partial charge in [0.05, 0.1) is 11.9 Å². The fourth-order valence-corrected chi connectivity index (χ4v) is 2.70. The number of alkyl halides is 3. The number of nitrogens with zero attached hydrogens (tertiary/aromatic N) is 3. The van der Waals surface area contributed by atoms with Gasteiger partial charge >= 0.3 is 6.18 Å². The molecule has 9 heteroatoms. The lowest BCUT2D eigenvalue weighted by molar-refractivity contribution is -0.141. The number of methoxy groups -OCH3 is 1. The Kier molecular flexibility index (Phi) is 5.60. The number of rotatable bonds is 4. The van der Waals surface area contributed by atoms with Crippen LogP contribution in [-0.4, -0.2) is 32.1 Å². The van der Waals surface area contributed by atoms with Gasteiger partial charge in [-0.2, -0.15) is 22.7 Å². The van der Waals surface area contributed by atoms with E-state index in [-0.39, 0.29) is 5.56 Å². The Morgan fingerprint density at radius 1 is 1.27 bits per heavy atom. The molecule has 5 nitrogen and oxygen atoms in total. The van der Waals surface area contributed by atoms with Crippen LogP contribution in [0.2, 0.25) is 0 Å². The van der Waals surface area contributed by atoms with Crippen LogP contribution in [0.15, 0.2) is 28.8 Å². The Balaban J connectivity index is 2.59. The maximum atomic E-state index is 13.4. The van der Waals surface area contributed by atoms with Gasteiger partial charge < -0.3 is 4.74 Å². The van der Waals surface area contributed by atoms with Crippen LogP contribution in [-0.2, 0) is 17.2 Å². The number of para-hydroxylation sites is 1. The van der Waals surface area contributed by atoms with Crippen LogP contribution < -0.4 is 4.74 Å². The minimum atomic E-state index is -4.67. The molecule has 0 bridgehead atoms. The van der Waals surface area contributed by atoms with Crippen molar-refractivity contribution in [3.05, 3.63) is 41.2 Å². The molecule has 142 valence electrons. The molecule has 1 unspecified atom stereocenters. The zero-order chi connectivity index (χ0) is 19.7. The highest BCUT2D eigenvalue weighted by Crippen LogP contribution is 2.33. The molecule has 1 aromatic carbocycles. The smallest absolute Gasteiger partial charge is 0.435 e. The number of hydrogen-bond acceptors (Lipinski definition) is 3. The fraction of sp³-hybridized carbons (Fsp3) is 0.412. The van der Waals surface area contributed by atoms with Gasteiger partial charge in [0.15, 0.2) is 5.69 Å². The van der Waals surface area contributed by atoms with Gasteiger partial charge in [0, 0.05) is 18.0 Å². The van der Waals surface area contributed by atoms with E-state index in [1.807, 2.05) is 0 Å². The second-order valence-electron chi connectivity index (χ2n) is 6.60. The van der Waals surface area contributed by atoms with E-state index in [1.165, 1.54) is 13.3 Å². The third-order valence-electron chi connectivity index (χ3n) is 3.47. The van der Waals surface area contributed by atoms with Crippen molar-refractivity contribution in [1.82, 2.24) is 9.78 Å².